The number of carboxylic acids is 1. The van der Waals surface area contributed by atoms with Crippen LogP contribution in [0.2, 0.25) is 6.32 Å². The van der Waals surface area contributed by atoms with Gasteiger partial charge < -0.3 is 25.8 Å². The number of rotatable bonds is 9. The van der Waals surface area contributed by atoms with E-state index in [0.717, 1.165) is 12.8 Å². The normalized spacial score (nSPS) is 20.0. The summed E-state index contributed by atoms with van der Waals surface area (Å²) in [4.78, 5) is 14.3. The van der Waals surface area contributed by atoms with E-state index in [1.165, 1.54) is 27.2 Å². The summed E-state index contributed by atoms with van der Waals surface area (Å²) in [6.45, 7) is 0. The van der Waals surface area contributed by atoms with Crippen molar-refractivity contribution in [3.05, 3.63) is 54.6 Å². The van der Waals surface area contributed by atoms with Crippen LogP contribution in [0.4, 0.5) is 5.69 Å². The third kappa shape index (κ3) is 4.20. The molecule has 0 bridgehead atoms. The highest BCUT2D eigenvalue weighted by atomic mass is 16.4. The van der Waals surface area contributed by atoms with Crippen LogP contribution in [0.25, 0.3) is 21.5 Å². The van der Waals surface area contributed by atoms with E-state index in [9.17, 15) is 9.90 Å². The fraction of sp³-hybridized carbons (Fsp3) is 0.400. The Morgan fingerprint density at radius 1 is 1.06 bits per heavy atom. The lowest BCUT2D eigenvalue weighted by Gasteiger charge is -2.48. The molecule has 168 valence electrons. The van der Waals surface area contributed by atoms with Crippen LogP contribution in [0.5, 0.6) is 0 Å². The lowest BCUT2D eigenvalue weighted by molar-refractivity contribution is -0.147. The standard InChI is InChI=1S/C25H31BN2O4/c1-28(20-15-19(16-20)25(27,24(29)30)12-6-7-13-26(31)32)23-21-10-4-2-8-17(21)14-18-9-3-5-11-22(18)23/h2-5,8-11,14,19-20,31-32H,6-7,12-13,15-16,27H2,1H3,(H,29,30)/t19?,20?,25-/m0/s1. The topological polar surface area (TPSA) is 107 Å². The predicted octanol–water partition coefficient (Wildman–Crippen LogP) is 3.63. The molecule has 0 aromatic heterocycles. The van der Waals surface area contributed by atoms with Crippen LogP contribution in [0.15, 0.2) is 54.6 Å². The number of anilines is 1. The Balaban J connectivity index is 1.54. The van der Waals surface area contributed by atoms with Gasteiger partial charge in [0.25, 0.3) is 0 Å². The molecule has 1 aliphatic rings. The zero-order valence-corrected chi connectivity index (χ0v) is 18.4. The summed E-state index contributed by atoms with van der Waals surface area (Å²) in [5.74, 6) is -1.07. The minimum absolute atomic E-state index is 0.104. The van der Waals surface area contributed by atoms with E-state index >= 15 is 0 Å². The largest absolute Gasteiger partial charge is 0.480 e. The molecule has 0 spiro atoms. The van der Waals surface area contributed by atoms with Crippen molar-refractivity contribution in [1.82, 2.24) is 0 Å². The van der Waals surface area contributed by atoms with Crippen molar-refractivity contribution >= 4 is 40.3 Å². The third-order valence-corrected chi connectivity index (χ3v) is 7.19. The molecule has 0 aliphatic heterocycles. The Bertz CT molecular complexity index is 1060. The molecule has 0 heterocycles. The Morgan fingerprint density at radius 2 is 1.62 bits per heavy atom. The highest BCUT2D eigenvalue weighted by Gasteiger charge is 2.49. The van der Waals surface area contributed by atoms with E-state index in [1.807, 2.05) is 12.1 Å². The van der Waals surface area contributed by atoms with Crippen LogP contribution in [0.3, 0.4) is 0 Å². The first-order valence-corrected chi connectivity index (χ1v) is 11.3. The second-order valence-electron chi connectivity index (χ2n) is 9.17. The van der Waals surface area contributed by atoms with Crippen molar-refractivity contribution in [1.29, 1.82) is 0 Å². The quantitative estimate of drug-likeness (QED) is 0.233. The highest BCUT2D eigenvalue weighted by molar-refractivity contribution is 6.40. The maximum absolute atomic E-state index is 12.0. The van der Waals surface area contributed by atoms with Gasteiger partial charge >= 0.3 is 13.1 Å². The lowest BCUT2D eigenvalue weighted by Crippen LogP contribution is -2.61. The molecule has 7 heteroatoms. The Kier molecular flexibility index (Phi) is 6.42. The van der Waals surface area contributed by atoms with Crippen molar-refractivity contribution < 1.29 is 19.9 Å². The summed E-state index contributed by atoms with van der Waals surface area (Å²) < 4.78 is 0. The summed E-state index contributed by atoms with van der Waals surface area (Å²) in [6, 6.07) is 19.2. The van der Waals surface area contributed by atoms with E-state index in [2.05, 4.69) is 54.4 Å². The van der Waals surface area contributed by atoms with E-state index in [-0.39, 0.29) is 18.3 Å². The molecule has 3 aromatic rings. The average molecular weight is 434 g/mol. The molecule has 32 heavy (non-hydrogen) atoms. The fourth-order valence-electron chi connectivity index (χ4n) is 5.11. The van der Waals surface area contributed by atoms with E-state index < -0.39 is 18.6 Å². The smallest absolute Gasteiger partial charge is 0.451 e. The first-order valence-electron chi connectivity index (χ1n) is 11.3. The number of fused-ring (bicyclic) bond motifs is 2. The van der Waals surface area contributed by atoms with Crippen LogP contribution in [-0.2, 0) is 4.79 Å². The van der Waals surface area contributed by atoms with Crippen molar-refractivity contribution in [2.24, 2.45) is 11.7 Å². The maximum Gasteiger partial charge on any atom is 0.451 e. The number of carbonyl (C=O) groups is 1. The summed E-state index contributed by atoms with van der Waals surface area (Å²) in [6.07, 6.45) is 3.12. The van der Waals surface area contributed by atoms with E-state index in [4.69, 9.17) is 15.8 Å². The number of unbranched alkanes of at least 4 members (excludes halogenated alkanes) is 1. The number of hydrogen-bond acceptors (Lipinski definition) is 5. The van der Waals surface area contributed by atoms with Gasteiger partial charge in [-0.25, -0.2) is 0 Å². The zero-order valence-electron chi connectivity index (χ0n) is 18.4. The minimum atomic E-state index is -1.36. The molecule has 0 radical (unpaired) electrons. The molecular weight excluding hydrogens is 403 g/mol. The van der Waals surface area contributed by atoms with Gasteiger partial charge in [0.1, 0.15) is 5.54 Å². The first-order chi connectivity index (χ1) is 15.3. The van der Waals surface area contributed by atoms with E-state index in [1.54, 1.807) is 0 Å². The van der Waals surface area contributed by atoms with E-state index in [0.29, 0.717) is 19.3 Å². The summed E-state index contributed by atoms with van der Waals surface area (Å²) in [7, 11) is 0.737. The lowest BCUT2D eigenvalue weighted by atomic mass is 9.65. The molecule has 0 unspecified atom stereocenters. The van der Waals surface area contributed by atoms with Crippen molar-refractivity contribution in [3.63, 3.8) is 0 Å². The fourth-order valence-corrected chi connectivity index (χ4v) is 5.11. The highest BCUT2D eigenvalue weighted by Crippen LogP contribution is 2.44. The van der Waals surface area contributed by atoms with Crippen LogP contribution >= 0.6 is 0 Å². The van der Waals surface area contributed by atoms with Gasteiger partial charge in [-0.1, -0.05) is 61.4 Å². The van der Waals surface area contributed by atoms with Crippen LogP contribution in [-0.4, -0.2) is 46.9 Å². The van der Waals surface area contributed by atoms with Crippen molar-refractivity contribution in [2.75, 3.05) is 11.9 Å². The predicted molar refractivity (Wildman–Crippen MR) is 130 cm³/mol. The van der Waals surface area contributed by atoms with Gasteiger partial charge in [0.05, 0.1) is 5.69 Å². The summed E-state index contributed by atoms with van der Waals surface area (Å²) in [5, 5.41) is 32.7. The maximum atomic E-state index is 12.0. The number of nitrogens with zero attached hydrogens (tertiary/aromatic N) is 1. The van der Waals surface area contributed by atoms with Gasteiger partial charge in [-0.2, -0.15) is 0 Å². The molecule has 0 saturated heterocycles. The molecule has 5 N–H and O–H groups in total. The van der Waals surface area contributed by atoms with Crippen LogP contribution in [0.1, 0.15) is 32.1 Å². The molecule has 6 nitrogen and oxygen atoms in total. The van der Waals surface area contributed by atoms with Gasteiger partial charge in [-0.3, -0.25) is 4.79 Å². The first kappa shape index (κ1) is 22.6. The second kappa shape index (κ2) is 9.10. The Labute approximate surface area is 188 Å². The molecule has 1 saturated carbocycles. The van der Waals surface area contributed by atoms with Crippen molar-refractivity contribution in [2.45, 2.75) is 50.0 Å². The number of aliphatic carboxylic acids is 1. The zero-order chi connectivity index (χ0) is 22.9. The van der Waals surface area contributed by atoms with Gasteiger partial charge in [-0.15, -0.1) is 0 Å². The molecule has 3 aromatic carbocycles. The molecule has 4 rings (SSSR count). The molecule has 1 atom stereocenters. The second-order valence-corrected chi connectivity index (χ2v) is 9.17. The van der Waals surface area contributed by atoms with Gasteiger partial charge in [0, 0.05) is 23.9 Å². The van der Waals surface area contributed by atoms with Crippen molar-refractivity contribution in [3.8, 4) is 0 Å². The summed E-state index contributed by atoms with van der Waals surface area (Å²) in [5.41, 5.74) is 6.30. The van der Waals surface area contributed by atoms with Gasteiger partial charge in [-0.05, 0) is 48.3 Å². The SMILES string of the molecule is CN(c1c2ccccc2cc2ccccc12)C1CC([C@@](N)(CCCCB(O)O)C(=O)O)C1. The number of benzene rings is 3. The summed E-state index contributed by atoms with van der Waals surface area (Å²) >= 11 is 0. The number of hydrogen-bond donors (Lipinski definition) is 4. The number of nitrogens with two attached hydrogens (primary N) is 1. The molecule has 1 fully saturated rings. The van der Waals surface area contributed by atoms with Crippen LogP contribution in [0, 0.1) is 5.92 Å². The molecule has 0 amide bonds. The monoisotopic (exact) mass is 434 g/mol. The Morgan fingerprint density at radius 3 is 2.16 bits per heavy atom. The Hall–Kier alpha value is -2.61. The average Bonchev–Trinajstić information content (AvgIpc) is 2.73. The third-order valence-electron chi connectivity index (χ3n) is 7.19. The number of carboxylic acid groups (broad SMARTS) is 1. The van der Waals surface area contributed by atoms with Crippen LogP contribution < -0.4 is 10.6 Å². The van der Waals surface area contributed by atoms with Gasteiger partial charge in [0.2, 0.25) is 0 Å². The molecule has 1 aliphatic carbocycles. The minimum Gasteiger partial charge on any atom is -0.480 e. The van der Waals surface area contributed by atoms with Gasteiger partial charge in [0.15, 0.2) is 0 Å². The molecular formula is C25H31BN2O4.